The summed E-state index contributed by atoms with van der Waals surface area (Å²) in [5.74, 6) is -0.426. The molecule has 0 fully saturated rings. The van der Waals surface area contributed by atoms with E-state index in [-0.39, 0.29) is 23.1 Å². The summed E-state index contributed by atoms with van der Waals surface area (Å²) in [6.07, 6.45) is 10.2. The maximum absolute atomic E-state index is 12.6. The van der Waals surface area contributed by atoms with Crippen molar-refractivity contribution in [1.29, 1.82) is 0 Å². The molecule has 0 saturated heterocycles. The largest absolute Gasteiger partial charge is 0.489 e. The van der Waals surface area contributed by atoms with Crippen molar-refractivity contribution in [2.75, 3.05) is 19.5 Å². The van der Waals surface area contributed by atoms with E-state index in [2.05, 4.69) is 22.9 Å². The zero-order valence-corrected chi connectivity index (χ0v) is 16.7. The second kappa shape index (κ2) is 11.5. The van der Waals surface area contributed by atoms with Gasteiger partial charge in [-0.25, -0.2) is 0 Å². The highest BCUT2D eigenvalue weighted by atomic mass is 79.9. The molecule has 0 bridgehead atoms. The molecule has 136 valence electrons. The summed E-state index contributed by atoms with van der Waals surface area (Å²) in [4.78, 5) is 25.0. The van der Waals surface area contributed by atoms with Crippen LogP contribution in [0.25, 0.3) is 0 Å². The van der Waals surface area contributed by atoms with E-state index in [1.807, 2.05) is 0 Å². The van der Waals surface area contributed by atoms with Crippen molar-refractivity contribution in [1.82, 2.24) is 0 Å². The Morgan fingerprint density at radius 3 is 1.67 bits per heavy atom. The number of allylic oxidation sites excluding steroid dienone is 2. The Morgan fingerprint density at radius 2 is 1.21 bits per heavy atom. The molecule has 4 nitrogen and oxygen atoms in total. The zero-order valence-electron chi connectivity index (χ0n) is 15.1. The van der Waals surface area contributed by atoms with Crippen molar-refractivity contribution in [3.63, 3.8) is 0 Å². The summed E-state index contributed by atoms with van der Waals surface area (Å²) < 4.78 is 10.2. The number of carbonyl (C=O) groups excluding carboxylic acids is 2. The summed E-state index contributed by atoms with van der Waals surface area (Å²) in [6, 6.07) is 0. The predicted molar refractivity (Wildman–Crippen MR) is 99.1 cm³/mol. The molecule has 0 aromatic rings. The number of ketones is 2. The van der Waals surface area contributed by atoms with E-state index in [9.17, 15) is 9.59 Å². The summed E-state index contributed by atoms with van der Waals surface area (Å²) in [5, 5.41) is 0.355. The highest BCUT2D eigenvalue weighted by Crippen LogP contribution is 2.30. The molecule has 0 aromatic carbocycles. The van der Waals surface area contributed by atoms with Crippen molar-refractivity contribution < 1.29 is 19.1 Å². The van der Waals surface area contributed by atoms with E-state index in [4.69, 9.17) is 9.47 Å². The molecule has 0 aliphatic heterocycles. The first kappa shape index (κ1) is 20.9. The SMILES string of the molecule is CCCCCCCCCCC1=C(CBr)C(=O)C(OC)=C(OC)C1=O. The molecule has 0 unspecified atom stereocenters. The van der Waals surface area contributed by atoms with E-state index in [1.165, 1.54) is 52.7 Å². The number of methoxy groups -OCH3 is 2. The van der Waals surface area contributed by atoms with Gasteiger partial charge in [0.2, 0.25) is 23.1 Å². The number of carbonyl (C=O) groups is 2. The van der Waals surface area contributed by atoms with Crippen LogP contribution in [0.1, 0.15) is 64.7 Å². The molecule has 1 rings (SSSR count). The summed E-state index contributed by atoms with van der Waals surface area (Å²) in [7, 11) is 2.78. The van der Waals surface area contributed by atoms with Gasteiger partial charge >= 0.3 is 0 Å². The van der Waals surface area contributed by atoms with Crippen LogP contribution in [0.2, 0.25) is 0 Å². The topological polar surface area (TPSA) is 52.6 Å². The van der Waals surface area contributed by atoms with E-state index < -0.39 is 0 Å². The lowest BCUT2D eigenvalue weighted by molar-refractivity contribution is -0.121. The third-order valence-corrected chi connectivity index (χ3v) is 4.91. The second-order valence-electron chi connectivity index (χ2n) is 6.04. The van der Waals surface area contributed by atoms with Crippen LogP contribution in [0, 0.1) is 0 Å². The van der Waals surface area contributed by atoms with Gasteiger partial charge < -0.3 is 9.47 Å². The Morgan fingerprint density at radius 1 is 0.750 bits per heavy atom. The molecular formula is C19H29BrO4. The molecule has 0 heterocycles. The Hall–Kier alpha value is -1.10. The molecule has 24 heavy (non-hydrogen) atoms. The minimum absolute atomic E-state index is 0.0108. The fraction of sp³-hybridized carbons (Fsp3) is 0.684. The summed E-state index contributed by atoms with van der Waals surface area (Å²) >= 11 is 3.33. The fourth-order valence-corrected chi connectivity index (χ4v) is 3.56. The zero-order chi connectivity index (χ0) is 17.9. The monoisotopic (exact) mass is 400 g/mol. The van der Waals surface area contributed by atoms with Crippen LogP contribution in [0.3, 0.4) is 0 Å². The second-order valence-corrected chi connectivity index (χ2v) is 6.60. The van der Waals surface area contributed by atoms with Gasteiger partial charge in [-0.2, -0.15) is 0 Å². The highest BCUT2D eigenvalue weighted by molar-refractivity contribution is 9.09. The van der Waals surface area contributed by atoms with Crippen LogP contribution >= 0.6 is 15.9 Å². The lowest BCUT2D eigenvalue weighted by atomic mass is 9.89. The number of hydrogen-bond acceptors (Lipinski definition) is 4. The maximum atomic E-state index is 12.6. The van der Waals surface area contributed by atoms with Crippen LogP contribution in [-0.4, -0.2) is 31.1 Å². The highest BCUT2D eigenvalue weighted by Gasteiger charge is 2.35. The first-order chi connectivity index (χ1) is 11.6. The Labute approximate surface area is 153 Å². The number of Topliss-reactive ketones (excluding diaryl/α,β-unsaturated/α-hetero) is 2. The smallest absolute Gasteiger partial charge is 0.228 e. The van der Waals surface area contributed by atoms with Gasteiger partial charge in [0.25, 0.3) is 0 Å². The molecule has 5 heteroatoms. The van der Waals surface area contributed by atoms with Gasteiger partial charge in [-0.1, -0.05) is 67.8 Å². The van der Waals surface area contributed by atoms with Crippen molar-refractivity contribution in [2.45, 2.75) is 64.7 Å². The van der Waals surface area contributed by atoms with Crippen molar-refractivity contribution in [2.24, 2.45) is 0 Å². The van der Waals surface area contributed by atoms with Crippen LogP contribution < -0.4 is 0 Å². The molecular weight excluding hydrogens is 372 g/mol. The number of hydrogen-bond donors (Lipinski definition) is 0. The maximum Gasteiger partial charge on any atom is 0.228 e. The quantitative estimate of drug-likeness (QED) is 0.266. The van der Waals surface area contributed by atoms with E-state index in [1.54, 1.807) is 0 Å². The van der Waals surface area contributed by atoms with Crippen LogP contribution in [0.5, 0.6) is 0 Å². The van der Waals surface area contributed by atoms with Gasteiger partial charge in [0, 0.05) is 16.5 Å². The third kappa shape index (κ3) is 5.47. The lowest BCUT2D eigenvalue weighted by Gasteiger charge is -2.21. The van der Waals surface area contributed by atoms with Gasteiger partial charge in [-0.05, 0) is 12.8 Å². The predicted octanol–water partition coefficient (Wildman–Crippen LogP) is 4.86. The van der Waals surface area contributed by atoms with Gasteiger partial charge in [0.1, 0.15) is 0 Å². The minimum atomic E-state index is -0.250. The lowest BCUT2D eigenvalue weighted by Crippen LogP contribution is -2.26. The molecule has 1 aliphatic carbocycles. The Balaban J connectivity index is 2.59. The number of unbranched alkanes of at least 4 members (excludes halogenated alkanes) is 7. The number of alkyl halides is 1. The summed E-state index contributed by atoms with van der Waals surface area (Å²) in [6.45, 7) is 2.22. The van der Waals surface area contributed by atoms with E-state index >= 15 is 0 Å². The van der Waals surface area contributed by atoms with Gasteiger partial charge in [0.05, 0.1) is 14.2 Å². The molecule has 0 aromatic heterocycles. The van der Waals surface area contributed by atoms with Crippen molar-refractivity contribution in [3.8, 4) is 0 Å². The van der Waals surface area contributed by atoms with Gasteiger partial charge in [0.15, 0.2) is 0 Å². The molecule has 0 amide bonds. The third-order valence-electron chi connectivity index (χ3n) is 4.35. The average Bonchev–Trinajstić information content (AvgIpc) is 2.59. The van der Waals surface area contributed by atoms with Gasteiger partial charge in [-0.15, -0.1) is 0 Å². The molecule has 0 spiro atoms. The average molecular weight is 401 g/mol. The molecule has 0 radical (unpaired) electrons. The fourth-order valence-electron chi connectivity index (χ4n) is 2.97. The van der Waals surface area contributed by atoms with Crippen molar-refractivity contribution >= 4 is 27.5 Å². The Kier molecular flexibility index (Phi) is 9.99. The number of rotatable bonds is 12. The van der Waals surface area contributed by atoms with Crippen molar-refractivity contribution in [3.05, 3.63) is 22.7 Å². The summed E-state index contributed by atoms with van der Waals surface area (Å²) in [5.41, 5.74) is 1.07. The van der Waals surface area contributed by atoms with E-state index in [0.29, 0.717) is 22.9 Å². The molecule has 0 atom stereocenters. The van der Waals surface area contributed by atoms with E-state index in [0.717, 1.165) is 12.8 Å². The standard InChI is InChI=1S/C19H29BrO4/c1-4-5-6-7-8-9-10-11-12-14-15(13-20)17(22)19(24-3)18(23-2)16(14)21/h4-13H2,1-3H3. The first-order valence-corrected chi connectivity index (χ1v) is 9.94. The molecule has 0 N–H and O–H groups in total. The normalized spacial score (nSPS) is 15.3. The number of halogens is 1. The van der Waals surface area contributed by atoms with Crippen LogP contribution in [-0.2, 0) is 19.1 Å². The first-order valence-electron chi connectivity index (χ1n) is 8.81. The molecule has 0 saturated carbocycles. The Bertz CT molecular complexity index is 505. The minimum Gasteiger partial charge on any atom is -0.489 e. The van der Waals surface area contributed by atoms with Crippen LogP contribution in [0.4, 0.5) is 0 Å². The van der Waals surface area contributed by atoms with Crippen LogP contribution in [0.15, 0.2) is 22.7 Å². The van der Waals surface area contributed by atoms with Gasteiger partial charge in [-0.3, -0.25) is 9.59 Å². The number of ether oxygens (including phenoxy) is 2. The molecule has 1 aliphatic rings.